The van der Waals surface area contributed by atoms with Crippen molar-refractivity contribution in [1.29, 1.82) is 0 Å². The molecule has 0 bridgehead atoms. The lowest BCUT2D eigenvalue weighted by molar-refractivity contribution is 0.0696. The molecule has 0 radical (unpaired) electrons. The third-order valence-electron chi connectivity index (χ3n) is 2.06. The molecular formula is C12H17NO2. The highest BCUT2D eigenvalue weighted by Gasteiger charge is 2.02. The number of hydrogen-bond acceptors (Lipinski definition) is 2. The molecule has 2 N–H and O–H groups in total. The van der Waals surface area contributed by atoms with Crippen molar-refractivity contribution < 1.29 is 9.90 Å². The molecule has 0 aliphatic heterocycles. The summed E-state index contributed by atoms with van der Waals surface area (Å²) in [7, 11) is 0. The predicted octanol–water partition coefficient (Wildman–Crippen LogP) is 2.13. The highest BCUT2D eigenvalue weighted by Crippen LogP contribution is 2.05. The van der Waals surface area contributed by atoms with Gasteiger partial charge >= 0.3 is 5.97 Å². The lowest BCUT2D eigenvalue weighted by Gasteiger charge is -2.07. The van der Waals surface area contributed by atoms with Crippen LogP contribution in [0.15, 0.2) is 24.3 Å². The lowest BCUT2D eigenvalue weighted by Crippen LogP contribution is -2.19. The first-order valence-corrected chi connectivity index (χ1v) is 5.12. The Morgan fingerprint density at radius 3 is 2.80 bits per heavy atom. The van der Waals surface area contributed by atoms with E-state index in [0.717, 1.165) is 18.7 Å². The molecule has 0 amide bonds. The zero-order valence-electron chi connectivity index (χ0n) is 9.16. The second-order valence-corrected chi connectivity index (χ2v) is 4.03. The summed E-state index contributed by atoms with van der Waals surface area (Å²) in [6.45, 7) is 5.94. The molecule has 0 aromatic heterocycles. The van der Waals surface area contributed by atoms with Gasteiger partial charge in [0.2, 0.25) is 0 Å². The van der Waals surface area contributed by atoms with Crippen LogP contribution in [0, 0.1) is 5.92 Å². The fraction of sp³-hybridized carbons (Fsp3) is 0.417. The van der Waals surface area contributed by atoms with Crippen molar-refractivity contribution in [3.05, 3.63) is 35.4 Å². The monoisotopic (exact) mass is 207 g/mol. The second-order valence-electron chi connectivity index (χ2n) is 4.03. The molecule has 1 aromatic rings. The van der Waals surface area contributed by atoms with Gasteiger partial charge in [0.1, 0.15) is 0 Å². The second kappa shape index (κ2) is 5.51. The van der Waals surface area contributed by atoms with Gasteiger partial charge in [0.05, 0.1) is 5.56 Å². The molecule has 0 fully saturated rings. The highest BCUT2D eigenvalue weighted by atomic mass is 16.4. The molecule has 0 saturated heterocycles. The molecule has 15 heavy (non-hydrogen) atoms. The molecule has 3 heteroatoms. The van der Waals surface area contributed by atoms with Crippen LogP contribution >= 0.6 is 0 Å². The van der Waals surface area contributed by atoms with E-state index in [9.17, 15) is 4.79 Å². The number of carbonyl (C=O) groups is 1. The molecule has 1 aromatic carbocycles. The minimum absolute atomic E-state index is 0.346. The third-order valence-corrected chi connectivity index (χ3v) is 2.06. The van der Waals surface area contributed by atoms with E-state index in [1.165, 1.54) is 0 Å². The van der Waals surface area contributed by atoms with Crippen LogP contribution in [0.1, 0.15) is 29.8 Å². The summed E-state index contributed by atoms with van der Waals surface area (Å²) in [6.07, 6.45) is 0. The van der Waals surface area contributed by atoms with Crippen molar-refractivity contribution in [3.8, 4) is 0 Å². The first-order valence-electron chi connectivity index (χ1n) is 5.12. The molecule has 0 heterocycles. The number of nitrogens with one attached hydrogen (secondary N) is 1. The fourth-order valence-corrected chi connectivity index (χ4v) is 1.32. The summed E-state index contributed by atoms with van der Waals surface area (Å²) < 4.78 is 0. The molecule has 3 nitrogen and oxygen atoms in total. The molecule has 82 valence electrons. The number of rotatable bonds is 5. The van der Waals surface area contributed by atoms with E-state index in [4.69, 9.17) is 5.11 Å². The minimum Gasteiger partial charge on any atom is -0.478 e. The molecule has 0 spiro atoms. The smallest absolute Gasteiger partial charge is 0.335 e. The van der Waals surface area contributed by atoms with Crippen molar-refractivity contribution in [2.24, 2.45) is 5.92 Å². The van der Waals surface area contributed by atoms with Gasteiger partial charge in [0.15, 0.2) is 0 Å². The van der Waals surface area contributed by atoms with Gasteiger partial charge in [-0.05, 0) is 30.2 Å². The largest absolute Gasteiger partial charge is 0.478 e. The first-order chi connectivity index (χ1) is 7.09. The van der Waals surface area contributed by atoms with Crippen LogP contribution in [-0.4, -0.2) is 17.6 Å². The number of carboxylic acids is 1. The molecular weight excluding hydrogens is 190 g/mol. The number of carboxylic acid groups (broad SMARTS) is 1. The first kappa shape index (κ1) is 11.7. The van der Waals surface area contributed by atoms with E-state index >= 15 is 0 Å². The normalized spacial score (nSPS) is 10.6. The minimum atomic E-state index is -0.874. The Hall–Kier alpha value is -1.35. The maximum absolute atomic E-state index is 10.7. The summed E-state index contributed by atoms with van der Waals surface area (Å²) in [5.74, 6) is -0.270. The van der Waals surface area contributed by atoms with E-state index in [0.29, 0.717) is 11.5 Å². The molecule has 0 aliphatic carbocycles. The highest BCUT2D eigenvalue weighted by molar-refractivity contribution is 5.87. The van der Waals surface area contributed by atoms with Gasteiger partial charge in [-0.2, -0.15) is 0 Å². The summed E-state index contributed by atoms with van der Waals surface area (Å²) in [5, 5.41) is 12.1. The van der Waals surface area contributed by atoms with E-state index in [1.807, 2.05) is 6.07 Å². The van der Waals surface area contributed by atoms with Crippen LogP contribution in [-0.2, 0) is 6.54 Å². The fourth-order valence-electron chi connectivity index (χ4n) is 1.32. The standard InChI is InChI=1S/C12H17NO2/c1-9(2)7-13-8-10-4-3-5-11(6-10)12(14)15/h3-6,9,13H,7-8H2,1-2H3,(H,14,15). The molecule has 0 atom stereocenters. The van der Waals surface area contributed by atoms with Gasteiger partial charge in [0, 0.05) is 6.54 Å². The predicted molar refractivity (Wildman–Crippen MR) is 59.9 cm³/mol. The Labute approximate surface area is 90.1 Å². The average Bonchev–Trinajstić information content (AvgIpc) is 2.17. The SMILES string of the molecule is CC(C)CNCc1cccc(C(=O)O)c1. The number of benzene rings is 1. The van der Waals surface area contributed by atoms with Crippen molar-refractivity contribution in [2.45, 2.75) is 20.4 Å². The summed E-state index contributed by atoms with van der Waals surface area (Å²) >= 11 is 0. The van der Waals surface area contributed by atoms with E-state index in [1.54, 1.807) is 18.2 Å². The van der Waals surface area contributed by atoms with Crippen LogP contribution < -0.4 is 5.32 Å². The Bertz CT molecular complexity index is 334. The zero-order chi connectivity index (χ0) is 11.3. The van der Waals surface area contributed by atoms with Crippen molar-refractivity contribution in [1.82, 2.24) is 5.32 Å². The topological polar surface area (TPSA) is 49.3 Å². The van der Waals surface area contributed by atoms with Crippen LogP contribution in [0.25, 0.3) is 0 Å². The molecule has 0 aliphatic rings. The van der Waals surface area contributed by atoms with Crippen molar-refractivity contribution in [2.75, 3.05) is 6.54 Å². The Morgan fingerprint density at radius 1 is 1.47 bits per heavy atom. The van der Waals surface area contributed by atoms with E-state index < -0.39 is 5.97 Å². The van der Waals surface area contributed by atoms with Crippen LogP contribution in [0.4, 0.5) is 0 Å². The Balaban J connectivity index is 2.54. The quantitative estimate of drug-likeness (QED) is 0.777. The third kappa shape index (κ3) is 4.13. The number of hydrogen-bond donors (Lipinski definition) is 2. The molecule has 1 rings (SSSR count). The summed E-state index contributed by atoms with van der Waals surface area (Å²) in [5.41, 5.74) is 1.36. The van der Waals surface area contributed by atoms with Crippen LogP contribution in [0.2, 0.25) is 0 Å². The van der Waals surface area contributed by atoms with Gasteiger partial charge in [-0.25, -0.2) is 4.79 Å². The van der Waals surface area contributed by atoms with E-state index in [2.05, 4.69) is 19.2 Å². The van der Waals surface area contributed by atoms with Gasteiger partial charge < -0.3 is 10.4 Å². The van der Waals surface area contributed by atoms with Crippen molar-refractivity contribution in [3.63, 3.8) is 0 Å². The Kier molecular flexibility index (Phi) is 4.31. The molecule has 0 unspecified atom stereocenters. The van der Waals surface area contributed by atoms with Crippen LogP contribution in [0.3, 0.4) is 0 Å². The molecule has 0 saturated carbocycles. The zero-order valence-corrected chi connectivity index (χ0v) is 9.16. The summed E-state index contributed by atoms with van der Waals surface area (Å²) in [6, 6.07) is 7.01. The lowest BCUT2D eigenvalue weighted by atomic mass is 10.1. The number of aromatic carboxylic acids is 1. The average molecular weight is 207 g/mol. The van der Waals surface area contributed by atoms with E-state index in [-0.39, 0.29) is 0 Å². The maximum atomic E-state index is 10.7. The maximum Gasteiger partial charge on any atom is 0.335 e. The van der Waals surface area contributed by atoms with Crippen molar-refractivity contribution >= 4 is 5.97 Å². The van der Waals surface area contributed by atoms with Crippen LogP contribution in [0.5, 0.6) is 0 Å². The van der Waals surface area contributed by atoms with Gasteiger partial charge in [0.25, 0.3) is 0 Å². The van der Waals surface area contributed by atoms with Gasteiger partial charge in [-0.3, -0.25) is 0 Å². The summed E-state index contributed by atoms with van der Waals surface area (Å²) in [4.78, 5) is 10.7. The van der Waals surface area contributed by atoms with Gasteiger partial charge in [-0.1, -0.05) is 26.0 Å². The van der Waals surface area contributed by atoms with Gasteiger partial charge in [-0.15, -0.1) is 0 Å². The Morgan fingerprint density at radius 2 is 2.20 bits per heavy atom.